The van der Waals surface area contributed by atoms with E-state index in [1.54, 1.807) is 0 Å². The number of carbonyl (C=O) groups is 1. The van der Waals surface area contributed by atoms with Crippen LogP contribution in [0.3, 0.4) is 0 Å². The molecule has 1 aromatic carbocycles. The van der Waals surface area contributed by atoms with E-state index < -0.39 is 32.0 Å². The lowest BCUT2D eigenvalue weighted by atomic mass is 10.2. The van der Waals surface area contributed by atoms with E-state index in [1.165, 1.54) is 30.3 Å². The maximum Gasteiger partial charge on any atom is 0.257 e. The van der Waals surface area contributed by atoms with Crippen LogP contribution in [0.25, 0.3) is 6.08 Å². The van der Waals surface area contributed by atoms with Crippen LogP contribution in [0.5, 0.6) is 0 Å². The third-order valence-corrected chi connectivity index (χ3v) is 4.51. The maximum absolute atomic E-state index is 12.7. The van der Waals surface area contributed by atoms with Gasteiger partial charge in [-0.15, -0.1) is 23.2 Å². The summed E-state index contributed by atoms with van der Waals surface area (Å²) in [5.74, 6) is -1.88. The maximum atomic E-state index is 12.7. The summed E-state index contributed by atoms with van der Waals surface area (Å²) in [5.41, 5.74) is 0.486. The van der Waals surface area contributed by atoms with E-state index >= 15 is 0 Å². The molecule has 1 aliphatic carbocycles. The van der Waals surface area contributed by atoms with Gasteiger partial charge in [-0.05, 0) is 30.2 Å². The van der Waals surface area contributed by atoms with Gasteiger partial charge >= 0.3 is 0 Å². The molecule has 1 amide bonds. The first-order valence-electron chi connectivity index (χ1n) is 5.58. The van der Waals surface area contributed by atoms with Gasteiger partial charge in [0.2, 0.25) is 5.91 Å². The van der Waals surface area contributed by atoms with Crippen LogP contribution in [0.2, 0.25) is 0 Å². The zero-order valence-corrected chi connectivity index (χ0v) is 12.3. The molecule has 0 aliphatic heterocycles. The average molecular weight is 338 g/mol. The molecular formula is C12H10Cl2FNO3S. The summed E-state index contributed by atoms with van der Waals surface area (Å²) in [6.45, 7) is 0. The number of sulfonamides is 1. The van der Waals surface area contributed by atoms with Gasteiger partial charge in [0.25, 0.3) is 10.0 Å². The smallest absolute Gasteiger partial charge is 0.257 e. The van der Waals surface area contributed by atoms with Crippen molar-refractivity contribution in [2.45, 2.75) is 10.8 Å². The molecule has 0 radical (unpaired) electrons. The predicted molar refractivity (Wildman–Crippen MR) is 75.0 cm³/mol. The van der Waals surface area contributed by atoms with Gasteiger partial charge in [0, 0.05) is 0 Å². The molecule has 108 valence electrons. The molecule has 2 rings (SSSR count). The molecule has 1 atom stereocenters. The van der Waals surface area contributed by atoms with Gasteiger partial charge < -0.3 is 0 Å². The molecule has 1 saturated carbocycles. The Morgan fingerprint density at radius 3 is 2.40 bits per heavy atom. The van der Waals surface area contributed by atoms with Gasteiger partial charge in [0.05, 0.1) is 11.3 Å². The first kappa shape index (κ1) is 15.3. The van der Waals surface area contributed by atoms with Gasteiger partial charge in [0.15, 0.2) is 0 Å². The number of benzene rings is 1. The molecular weight excluding hydrogens is 328 g/mol. The standard InChI is InChI=1S/C12H10Cl2FNO3S/c13-12(14)7-10(12)11(17)16-20(18,19)6-5-8-1-3-9(15)4-2-8/h1-6,10H,7H2,(H,16,17)/b6-5+/t10-/m1/s1. The summed E-state index contributed by atoms with van der Waals surface area (Å²) in [5, 5.41) is 0.824. The Balaban J connectivity index is 2.01. The Kier molecular flexibility index (Phi) is 4.09. The highest BCUT2D eigenvalue weighted by molar-refractivity contribution is 7.93. The van der Waals surface area contributed by atoms with E-state index in [0.717, 1.165) is 5.41 Å². The number of amides is 1. The second-order valence-corrected chi connectivity index (χ2v) is 7.49. The third kappa shape index (κ3) is 3.94. The highest BCUT2D eigenvalue weighted by atomic mass is 35.5. The lowest BCUT2D eigenvalue weighted by Gasteiger charge is -2.02. The zero-order chi connectivity index (χ0) is 15.0. The molecule has 20 heavy (non-hydrogen) atoms. The fraction of sp³-hybridized carbons (Fsp3) is 0.250. The van der Waals surface area contributed by atoms with Crippen molar-refractivity contribution in [3.8, 4) is 0 Å². The predicted octanol–water partition coefficient (Wildman–Crippen LogP) is 2.44. The van der Waals surface area contributed by atoms with Crippen LogP contribution in [-0.4, -0.2) is 18.7 Å². The summed E-state index contributed by atoms with van der Waals surface area (Å²) in [6.07, 6.45) is 1.47. The highest BCUT2D eigenvalue weighted by Gasteiger charge is 2.56. The minimum absolute atomic E-state index is 0.221. The molecule has 0 saturated heterocycles. The Morgan fingerprint density at radius 2 is 1.90 bits per heavy atom. The quantitative estimate of drug-likeness (QED) is 0.858. The fourth-order valence-electron chi connectivity index (χ4n) is 1.49. The van der Waals surface area contributed by atoms with E-state index in [9.17, 15) is 17.6 Å². The third-order valence-electron chi connectivity index (χ3n) is 2.69. The molecule has 8 heteroatoms. The van der Waals surface area contributed by atoms with Gasteiger partial charge in [-0.3, -0.25) is 4.79 Å². The molecule has 0 bridgehead atoms. The zero-order valence-electron chi connectivity index (χ0n) is 10.0. The number of hydrogen-bond donors (Lipinski definition) is 1. The van der Waals surface area contributed by atoms with Crippen molar-refractivity contribution >= 4 is 45.2 Å². The minimum atomic E-state index is -3.94. The fourth-order valence-corrected chi connectivity index (χ4v) is 2.82. The summed E-state index contributed by atoms with van der Waals surface area (Å²) in [7, 11) is -3.94. The number of nitrogens with one attached hydrogen (secondary N) is 1. The Morgan fingerprint density at radius 1 is 1.35 bits per heavy atom. The molecule has 1 aliphatic rings. The van der Waals surface area contributed by atoms with Crippen molar-refractivity contribution in [1.82, 2.24) is 4.72 Å². The van der Waals surface area contributed by atoms with Crippen LogP contribution in [0, 0.1) is 11.7 Å². The first-order valence-corrected chi connectivity index (χ1v) is 7.88. The van der Waals surface area contributed by atoms with Crippen LogP contribution >= 0.6 is 23.2 Å². The monoisotopic (exact) mass is 337 g/mol. The largest absolute Gasteiger partial charge is 0.274 e. The second-order valence-electron chi connectivity index (χ2n) is 4.38. The summed E-state index contributed by atoms with van der Waals surface area (Å²) >= 11 is 11.3. The van der Waals surface area contributed by atoms with E-state index in [4.69, 9.17) is 23.2 Å². The summed E-state index contributed by atoms with van der Waals surface area (Å²) < 4.78 is 36.6. The first-order chi connectivity index (χ1) is 9.20. The number of rotatable bonds is 4. The second kappa shape index (κ2) is 5.35. The average Bonchev–Trinajstić information content (AvgIpc) is 2.98. The van der Waals surface area contributed by atoms with Gasteiger partial charge in [-0.25, -0.2) is 17.5 Å². The SMILES string of the molecule is O=C(NS(=O)(=O)/C=C/c1ccc(F)cc1)[C@H]1CC1(Cl)Cl. The number of hydrogen-bond acceptors (Lipinski definition) is 3. The van der Waals surface area contributed by atoms with Crippen molar-refractivity contribution < 1.29 is 17.6 Å². The summed E-state index contributed by atoms with van der Waals surface area (Å²) in [6, 6.07) is 5.22. The number of halogens is 3. The van der Waals surface area contributed by atoms with Gasteiger partial charge in [-0.1, -0.05) is 12.1 Å². The molecule has 0 spiro atoms. The van der Waals surface area contributed by atoms with Crippen molar-refractivity contribution in [3.05, 3.63) is 41.1 Å². The van der Waals surface area contributed by atoms with Crippen molar-refractivity contribution in [1.29, 1.82) is 0 Å². The Labute approximate surface area is 125 Å². The number of alkyl halides is 2. The molecule has 0 aromatic heterocycles. The topological polar surface area (TPSA) is 63.2 Å². The molecule has 1 aromatic rings. The Hall–Kier alpha value is -1.11. The van der Waals surface area contributed by atoms with Crippen LogP contribution in [0.1, 0.15) is 12.0 Å². The van der Waals surface area contributed by atoms with E-state index in [-0.39, 0.29) is 6.42 Å². The lowest BCUT2D eigenvalue weighted by molar-refractivity contribution is -0.120. The summed E-state index contributed by atoms with van der Waals surface area (Å²) in [4.78, 5) is 11.5. The minimum Gasteiger partial charge on any atom is -0.274 e. The number of carbonyl (C=O) groups excluding carboxylic acids is 1. The van der Waals surface area contributed by atoms with Gasteiger partial charge in [0.1, 0.15) is 10.2 Å². The highest BCUT2D eigenvalue weighted by Crippen LogP contribution is 2.53. The van der Waals surface area contributed by atoms with E-state index in [0.29, 0.717) is 5.56 Å². The van der Waals surface area contributed by atoms with E-state index in [1.807, 2.05) is 4.72 Å². The van der Waals surface area contributed by atoms with Crippen LogP contribution in [0.4, 0.5) is 4.39 Å². The lowest BCUT2D eigenvalue weighted by Crippen LogP contribution is -2.31. The van der Waals surface area contributed by atoms with Crippen molar-refractivity contribution in [2.24, 2.45) is 5.92 Å². The Bertz CT molecular complexity index is 656. The molecule has 0 heterocycles. The van der Waals surface area contributed by atoms with Gasteiger partial charge in [-0.2, -0.15) is 0 Å². The van der Waals surface area contributed by atoms with Crippen LogP contribution < -0.4 is 4.72 Å². The van der Waals surface area contributed by atoms with Crippen LogP contribution in [-0.2, 0) is 14.8 Å². The molecule has 1 fully saturated rings. The normalized spacial score (nSPS) is 20.9. The van der Waals surface area contributed by atoms with Crippen molar-refractivity contribution in [2.75, 3.05) is 0 Å². The van der Waals surface area contributed by atoms with Crippen molar-refractivity contribution in [3.63, 3.8) is 0 Å². The molecule has 0 unspecified atom stereocenters. The molecule has 4 nitrogen and oxygen atoms in total. The van der Waals surface area contributed by atoms with Crippen LogP contribution in [0.15, 0.2) is 29.7 Å². The molecule has 1 N–H and O–H groups in total. The van der Waals surface area contributed by atoms with E-state index in [2.05, 4.69) is 0 Å².